The molecule has 0 bridgehead atoms. The number of fused-ring (bicyclic) bond motifs is 1. The van der Waals surface area contributed by atoms with Gasteiger partial charge in [-0.05, 0) is 43.2 Å². The fourth-order valence-corrected chi connectivity index (χ4v) is 2.43. The summed E-state index contributed by atoms with van der Waals surface area (Å²) in [5, 5.41) is 2.76. The molecule has 7 heteroatoms. The Morgan fingerprint density at radius 3 is 3.04 bits per heavy atom. The van der Waals surface area contributed by atoms with E-state index < -0.39 is 5.76 Å². The van der Waals surface area contributed by atoms with Crippen molar-refractivity contribution in [2.24, 2.45) is 0 Å². The van der Waals surface area contributed by atoms with E-state index in [4.69, 9.17) is 9.15 Å². The highest BCUT2D eigenvalue weighted by molar-refractivity contribution is 5.78. The molecule has 0 unspecified atom stereocenters. The first kappa shape index (κ1) is 16.8. The fraction of sp³-hybridized carbons (Fsp3) is 0.278. The summed E-state index contributed by atoms with van der Waals surface area (Å²) < 4.78 is 11.9. The quantitative estimate of drug-likeness (QED) is 0.663. The Labute approximate surface area is 144 Å². The molecule has 0 aliphatic heterocycles. The Hall–Kier alpha value is -3.09. The van der Waals surface area contributed by atoms with Crippen molar-refractivity contribution in [1.82, 2.24) is 14.9 Å². The Kier molecular flexibility index (Phi) is 5.13. The number of nitrogens with one attached hydrogen (secondary N) is 1. The van der Waals surface area contributed by atoms with Crippen molar-refractivity contribution >= 4 is 17.1 Å². The molecule has 3 aromatic rings. The zero-order chi connectivity index (χ0) is 17.6. The third-order valence-electron chi connectivity index (χ3n) is 3.63. The van der Waals surface area contributed by atoms with Crippen LogP contribution in [0.3, 0.4) is 0 Å². The van der Waals surface area contributed by atoms with E-state index in [1.54, 1.807) is 18.3 Å². The van der Waals surface area contributed by atoms with Gasteiger partial charge in [0.05, 0.1) is 6.61 Å². The van der Waals surface area contributed by atoms with Crippen molar-refractivity contribution in [3.8, 4) is 5.75 Å². The van der Waals surface area contributed by atoms with E-state index in [1.807, 2.05) is 31.2 Å². The van der Waals surface area contributed by atoms with Gasteiger partial charge in [-0.1, -0.05) is 12.1 Å². The van der Waals surface area contributed by atoms with Gasteiger partial charge < -0.3 is 14.5 Å². The molecule has 1 N–H and O–H groups in total. The second kappa shape index (κ2) is 7.65. The lowest BCUT2D eigenvalue weighted by Crippen LogP contribution is -2.32. The van der Waals surface area contributed by atoms with Crippen molar-refractivity contribution in [2.75, 3.05) is 13.2 Å². The number of pyridine rings is 1. The molecule has 0 spiro atoms. The van der Waals surface area contributed by atoms with Crippen molar-refractivity contribution < 1.29 is 13.9 Å². The molecule has 7 nitrogen and oxygen atoms in total. The number of benzene rings is 1. The van der Waals surface area contributed by atoms with E-state index in [-0.39, 0.29) is 12.5 Å². The molecule has 3 rings (SSSR count). The van der Waals surface area contributed by atoms with E-state index in [0.29, 0.717) is 30.8 Å². The van der Waals surface area contributed by atoms with Crippen LogP contribution in [0, 0.1) is 6.92 Å². The molecule has 2 heterocycles. The molecule has 25 heavy (non-hydrogen) atoms. The highest BCUT2D eigenvalue weighted by atomic mass is 16.5. The SMILES string of the molecule is Cc1cccc(OCCCNC(=O)Cn2c(=O)oc3cccnc32)c1. The van der Waals surface area contributed by atoms with Crippen molar-refractivity contribution in [2.45, 2.75) is 19.9 Å². The van der Waals surface area contributed by atoms with Gasteiger partial charge in [0.25, 0.3) is 0 Å². The van der Waals surface area contributed by atoms with Crippen LogP contribution in [0.5, 0.6) is 5.75 Å². The molecule has 0 saturated heterocycles. The number of carbonyl (C=O) groups excluding carboxylic acids is 1. The van der Waals surface area contributed by atoms with Crippen LogP contribution in [0.2, 0.25) is 0 Å². The zero-order valence-electron chi connectivity index (χ0n) is 13.9. The number of aryl methyl sites for hydroxylation is 1. The number of ether oxygens (including phenoxy) is 1. The van der Waals surface area contributed by atoms with Crippen LogP contribution in [0.1, 0.15) is 12.0 Å². The number of hydrogen-bond donors (Lipinski definition) is 1. The number of aromatic nitrogens is 2. The van der Waals surface area contributed by atoms with Crippen molar-refractivity contribution in [3.05, 3.63) is 58.7 Å². The number of amides is 1. The van der Waals surface area contributed by atoms with E-state index in [1.165, 1.54) is 4.57 Å². The molecule has 0 aliphatic rings. The molecule has 0 radical (unpaired) electrons. The summed E-state index contributed by atoms with van der Waals surface area (Å²) in [4.78, 5) is 27.9. The Balaban J connectivity index is 1.45. The average molecular weight is 341 g/mol. The summed E-state index contributed by atoms with van der Waals surface area (Å²) in [5.41, 5.74) is 1.87. The van der Waals surface area contributed by atoms with Crippen LogP contribution in [0.4, 0.5) is 0 Å². The number of oxazole rings is 1. The van der Waals surface area contributed by atoms with E-state index in [0.717, 1.165) is 11.3 Å². The van der Waals surface area contributed by atoms with Gasteiger partial charge in [0.1, 0.15) is 12.3 Å². The molecule has 1 aromatic carbocycles. The lowest BCUT2D eigenvalue weighted by atomic mass is 10.2. The largest absolute Gasteiger partial charge is 0.494 e. The third kappa shape index (κ3) is 4.26. The topological polar surface area (TPSA) is 86.4 Å². The van der Waals surface area contributed by atoms with Gasteiger partial charge in [0, 0.05) is 12.7 Å². The fourth-order valence-electron chi connectivity index (χ4n) is 2.43. The number of hydrogen-bond acceptors (Lipinski definition) is 5. The Bertz CT molecular complexity index is 929. The van der Waals surface area contributed by atoms with E-state index >= 15 is 0 Å². The first-order valence-electron chi connectivity index (χ1n) is 8.04. The van der Waals surface area contributed by atoms with Crippen LogP contribution < -0.4 is 15.8 Å². The van der Waals surface area contributed by atoms with Crippen LogP contribution in [0.15, 0.2) is 51.8 Å². The second-order valence-electron chi connectivity index (χ2n) is 5.65. The molecule has 0 atom stereocenters. The van der Waals surface area contributed by atoms with E-state index in [9.17, 15) is 9.59 Å². The van der Waals surface area contributed by atoms with Gasteiger partial charge in [-0.25, -0.2) is 14.3 Å². The maximum absolute atomic E-state index is 12.0. The summed E-state index contributed by atoms with van der Waals surface area (Å²) in [6, 6.07) is 11.1. The minimum Gasteiger partial charge on any atom is -0.494 e. The maximum Gasteiger partial charge on any atom is 0.421 e. The number of nitrogens with zero attached hydrogens (tertiary/aromatic N) is 2. The standard InChI is InChI=1S/C18H19N3O4/c1-13-5-2-6-14(11-13)24-10-4-9-19-16(22)12-21-17-15(25-18(21)23)7-3-8-20-17/h2-3,5-8,11H,4,9-10,12H2,1H3,(H,19,22). The first-order valence-corrected chi connectivity index (χ1v) is 8.04. The van der Waals surface area contributed by atoms with Gasteiger partial charge in [-0.3, -0.25) is 4.79 Å². The monoisotopic (exact) mass is 341 g/mol. The lowest BCUT2D eigenvalue weighted by molar-refractivity contribution is -0.121. The molecular weight excluding hydrogens is 322 g/mol. The Morgan fingerprint density at radius 1 is 1.32 bits per heavy atom. The summed E-state index contributed by atoms with van der Waals surface area (Å²) >= 11 is 0. The predicted molar refractivity (Wildman–Crippen MR) is 92.6 cm³/mol. The predicted octanol–water partition coefficient (Wildman–Crippen LogP) is 1.88. The summed E-state index contributed by atoms with van der Waals surface area (Å²) in [6.07, 6.45) is 2.22. The highest BCUT2D eigenvalue weighted by Gasteiger charge is 2.12. The lowest BCUT2D eigenvalue weighted by Gasteiger charge is -2.08. The Morgan fingerprint density at radius 2 is 2.20 bits per heavy atom. The molecule has 1 amide bonds. The average Bonchev–Trinajstić information content (AvgIpc) is 2.90. The molecular formula is C18H19N3O4. The zero-order valence-corrected chi connectivity index (χ0v) is 13.9. The van der Waals surface area contributed by atoms with Crippen LogP contribution >= 0.6 is 0 Å². The summed E-state index contributed by atoms with van der Waals surface area (Å²) in [5.74, 6) is -0.0496. The van der Waals surface area contributed by atoms with Crippen molar-refractivity contribution in [1.29, 1.82) is 0 Å². The van der Waals surface area contributed by atoms with Crippen LogP contribution in [0.25, 0.3) is 11.2 Å². The van der Waals surface area contributed by atoms with Gasteiger partial charge >= 0.3 is 5.76 Å². The smallest absolute Gasteiger partial charge is 0.421 e. The van der Waals surface area contributed by atoms with E-state index in [2.05, 4.69) is 10.3 Å². The molecule has 0 aliphatic carbocycles. The normalized spacial score (nSPS) is 10.8. The van der Waals surface area contributed by atoms with Gasteiger partial charge in [-0.15, -0.1) is 0 Å². The molecule has 0 fully saturated rings. The minimum absolute atomic E-state index is 0.123. The first-order chi connectivity index (χ1) is 12.1. The summed E-state index contributed by atoms with van der Waals surface area (Å²) in [6.45, 7) is 2.84. The minimum atomic E-state index is -0.591. The van der Waals surface area contributed by atoms with Gasteiger partial charge in [0.15, 0.2) is 11.2 Å². The van der Waals surface area contributed by atoms with Crippen molar-refractivity contribution in [3.63, 3.8) is 0 Å². The number of rotatable bonds is 7. The second-order valence-corrected chi connectivity index (χ2v) is 5.65. The van der Waals surface area contributed by atoms with Gasteiger partial charge in [-0.2, -0.15) is 0 Å². The van der Waals surface area contributed by atoms with Crippen LogP contribution in [-0.4, -0.2) is 28.6 Å². The van der Waals surface area contributed by atoms with Crippen LogP contribution in [-0.2, 0) is 11.3 Å². The third-order valence-corrected chi connectivity index (χ3v) is 3.63. The molecule has 0 saturated carbocycles. The highest BCUT2D eigenvalue weighted by Crippen LogP contribution is 2.12. The summed E-state index contributed by atoms with van der Waals surface area (Å²) in [7, 11) is 0. The van der Waals surface area contributed by atoms with Gasteiger partial charge in [0.2, 0.25) is 5.91 Å². The molecule has 130 valence electrons. The number of carbonyl (C=O) groups is 1. The molecule has 2 aromatic heterocycles. The maximum atomic E-state index is 12.0.